The third-order valence-electron chi connectivity index (χ3n) is 4.46. The van der Waals surface area contributed by atoms with Crippen molar-refractivity contribution in [1.29, 1.82) is 0 Å². The number of halogens is 2. The van der Waals surface area contributed by atoms with Gasteiger partial charge >= 0.3 is 0 Å². The lowest BCUT2D eigenvalue weighted by Crippen LogP contribution is -2.38. The molecule has 6 nitrogen and oxygen atoms in total. The van der Waals surface area contributed by atoms with E-state index in [1.54, 1.807) is 6.20 Å². The molecular formula is C21H28FIN6. The Morgan fingerprint density at radius 1 is 1.21 bits per heavy atom. The van der Waals surface area contributed by atoms with Gasteiger partial charge in [0.05, 0.1) is 6.54 Å². The van der Waals surface area contributed by atoms with Gasteiger partial charge in [-0.3, -0.25) is 0 Å². The van der Waals surface area contributed by atoms with Crippen molar-refractivity contribution in [2.24, 2.45) is 4.99 Å². The lowest BCUT2D eigenvalue weighted by Gasteiger charge is -2.15. The van der Waals surface area contributed by atoms with E-state index in [-0.39, 0.29) is 29.8 Å². The minimum Gasteiger partial charge on any atom is -0.362 e. The van der Waals surface area contributed by atoms with Crippen LogP contribution in [0.2, 0.25) is 0 Å². The highest BCUT2D eigenvalue weighted by Crippen LogP contribution is 2.19. The van der Waals surface area contributed by atoms with Crippen LogP contribution in [0.5, 0.6) is 0 Å². The van der Waals surface area contributed by atoms with E-state index in [1.165, 1.54) is 12.1 Å². The zero-order chi connectivity index (χ0) is 19.9. The van der Waals surface area contributed by atoms with Gasteiger partial charge in [-0.05, 0) is 43.2 Å². The fraction of sp³-hybridized carbons (Fsp3) is 0.333. The number of pyridine rings is 1. The van der Waals surface area contributed by atoms with Crippen molar-refractivity contribution >= 4 is 46.7 Å². The van der Waals surface area contributed by atoms with Crippen molar-refractivity contribution < 1.29 is 4.39 Å². The van der Waals surface area contributed by atoms with Crippen LogP contribution in [0.25, 0.3) is 10.9 Å². The predicted molar refractivity (Wildman–Crippen MR) is 129 cm³/mol. The van der Waals surface area contributed by atoms with Crippen LogP contribution >= 0.6 is 24.0 Å². The van der Waals surface area contributed by atoms with E-state index in [2.05, 4.69) is 25.6 Å². The quantitative estimate of drug-likeness (QED) is 0.258. The van der Waals surface area contributed by atoms with Crippen LogP contribution in [0.15, 0.2) is 47.7 Å². The van der Waals surface area contributed by atoms with Crippen molar-refractivity contribution in [2.75, 3.05) is 32.1 Å². The van der Waals surface area contributed by atoms with E-state index in [9.17, 15) is 4.39 Å². The summed E-state index contributed by atoms with van der Waals surface area (Å²) >= 11 is 0. The van der Waals surface area contributed by atoms with Crippen molar-refractivity contribution in [2.45, 2.75) is 19.9 Å². The van der Waals surface area contributed by atoms with Crippen LogP contribution in [0, 0.1) is 5.82 Å². The van der Waals surface area contributed by atoms with Crippen LogP contribution in [-0.2, 0) is 13.0 Å². The number of hydrogen-bond donors (Lipinski definition) is 3. The first-order chi connectivity index (χ1) is 13.6. The molecule has 3 aromatic rings. The van der Waals surface area contributed by atoms with Gasteiger partial charge in [-0.1, -0.05) is 6.07 Å². The first-order valence-electron chi connectivity index (χ1n) is 9.47. The molecule has 8 heteroatoms. The highest BCUT2D eigenvalue weighted by Gasteiger charge is 2.07. The molecule has 0 saturated heterocycles. The molecule has 29 heavy (non-hydrogen) atoms. The summed E-state index contributed by atoms with van der Waals surface area (Å²) in [7, 11) is 3.96. The fourth-order valence-electron chi connectivity index (χ4n) is 3.14. The molecule has 156 valence electrons. The topological polar surface area (TPSA) is 68.3 Å². The SMILES string of the molecule is CCNC(=NCc1cccnc1N(C)C)NCCc1c[nH]c2cc(F)ccc12.I. The summed E-state index contributed by atoms with van der Waals surface area (Å²) in [4.78, 5) is 14.2. The summed E-state index contributed by atoms with van der Waals surface area (Å²) in [5, 5.41) is 7.70. The Balaban J connectivity index is 0.00000300. The minimum atomic E-state index is -0.229. The number of rotatable bonds is 7. The molecule has 0 aliphatic heterocycles. The average Bonchev–Trinajstić information content (AvgIpc) is 3.08. The minimum absolute atomic E-state index is 0. The van der Waals surface area contributed by atoms with Gasteiger partial charge in [0.15, 0.2) is 5.96 Å². The zero-order valence-corrected chi connectivity index (χ0v) is 19.3. The Hall–Kier alpha value is -2.36. The molecule has 2 aromatic heterocycles. The molecule has 3 rings (SSSR count). The number of aromatic amines is 1. The molecule has 0 radical (unpaired) electrons. The molecular weight excluding hydrogens is 482 g/mol. The Morgan fingerprint density at radius 2 is 2.03 bits per heavy atom. The van der Waals surface area contributed by atoms with Gasteiger partial charge in [0.2, 0.25) is 0 Å². The second-order valence-electron chi connectivity index (χ2n) is 6.76. The summed E-state index contributed by atoms with van der Waals surface area (Å²) in [6.45, 7) is 4.10. The Bertz CT molecular complexity index is 953. The molecule has 3 N–H and O–H groups in total. The summed E-state index contributed by atoms with van der Waals surface area (Å²) in [6.07, 6.45) is 4.54. The van der Waals surface area contributed by atoms with Crippen LogP contribution in [0.4, 0.5) is 10.2 Å². The molecule has 0 aliphatic carbocycles. The molecule has 0 bridgehead atoms. The van der Waals surface area contributed by atoms with Gasteiger partial charge in [0.25, 0.3) is 0 Å². The van der Waals surface area contributed by atoms with Crippen LogP contribution in [0.1, 0.15) is 18.1 Å². The molecule has 1 aromatic carbocycles. The van der Waals surface area contributed by atoms with Gasteiger partial charge in [-0.2, -0.15) is 0 Å². The van der Waals surface area contributed by atoms with Crippen molar-refractivity contribution in [3.8, 4) is 0 Å². The van der Waals surface area contributed by atoms with Gasteiger partial charge in [0, 0.05) is 56.0 Å². The first kappa shape index (κ1) is 22.9. The number of fused-ring (bicyclic) bond motifs is 1. The third-order valence-corrected chi connectivity index (χ3v) is 4.46. The number of aliphatic imine (C=N–C) groups is 1. The smallest absolute Gasteiger partial charge is 0.191 e. The molecule has 0 unspecified atom stereocenters. The van der Waals surface area contributed by atoms with E-state index >= 15 is 0 Å². The largest absolute Gasteiger partial charge is 0.362 e. The van der Waals surface area contributed by atoms with E-state index in [4.69, 9.17) is 0 Å². The lowest BCUT2D eigenvalue weighted by molar-refractivity contribution is 0.629. The summed E-state index contributed by atoms with van der Waals surface area (Å²) in [5.74, 6) is 1.46. The Labute approximate surface area is 188 Å². The summed E-state index contributed by atoms with van der Waals surface area (Å²) < 4.78 is 13.3. The van der Waals surface area contributed by atoms with Gasteiger partial charge in [0.1, 0.15) is 11.6 Å². The summed E-state index contributed by atoms with van der Waals surface area (Å²) in [6, 6.07) is 8.81. The van der Waals surface area contributed by atoms with E-state index in [0.717, 1.165) is 53.3 Å². The molecule has 0 atom stereocenters. The molecule has 0 spiro atoms. The second kappa shape index (κ2) is 11.0. The maximum absolute atomic E-state index is 13.3. The normalized spacial score (nSPS) is 11.2. The summed E-state index contributed by atoms with van der Waals surface area (Å²) in [5.41, 5.74) is 3.05. The number of H-pyrrole nitrogens is 1. The number of aromatic nitrogens is 2. The zero-order valence-electron chi connectivity index (χ0n) is 17.0. The Morgan fingerprint density at radius 3 is 2.79 bits per heavy atom. The standard InChI is InChI=1S/C21H27FN6.HI/c1-4-23-21(27-14-16-6-5-10-24-20(16)28(2)3)25-11-9-15-13-26-19-12-17(22)7-8-18(15)19;/h5-8,10,12-13,26H,4,9,11,14H2,1-3H3,(H2,23,25,27);1H. The number of guanidine groups is 1. The molecule has 0 fully saturated rings. The number of hydrogen-bond acceptors (Lipinski definition) is 3. The maximum atomic E-state index is 13.3. The van der Waals surface area contributed by atoms with Crippen LogP contribution in [-0.4, -0.2) is 43.1 Å². The highest BCUT2D eigenvalue weighted by molar-refractivity contribution is 14.0. The third kappa shape index (κ3) is 6.06. The van der Waals surface area contributed by atoms with Crippen molar-refractivity contribution in [3.05, 3.63) is 59.7 Å². The Kier molecular flexibility index (Phi) is 8.69. The van der Waals surface area contributed by atoms with Gasteiger partial charge < -0.3 is 20.5 Å². The van der Waals surface area contributed by atoms with E-state index < -0.39 is 0 Å². The average molecular weight is 510 g/mol. The van der Waals surface area contributed by atoms with Gasteiger partial charge in [-0.15, -0.1) is 24.0 Å². The molecule has 0 aliphatic rings. The van der Waals surface area contributed by atoms with Crippen molar-refractivity contribution in [1.82, 2.24) is 20.6 Å². The molecule has 0 saturated carbocycles. The van der Waals surface area contributed by atoms with E-state index in [1.807, 2.05) is 50.3 Å². The maximum Gasteiger partial charge on any atom is 0.191 e. The highest BCUT2D eigenvalue weighted by atomic mass is 127. The second-order valence-corrected chi connectivity index (χ2v) is 6.76. The number of anilines is 1. The predicted octanol–water partition coefficient (Wildman–Crippen LogP) is 3.68. The van der Waals surface area contributed by atoms with Gasteiger partial charge in [-0.25, -0.2) is 14.4 Å². The monoisotopic (exact) mass is 510 g/mol. The molecule has 2 heterocycles. The number of nitrogens with zero attached hydrogens (tertiary/aromatic N) is 3. The van der Waals surface area contributed by atoms with Crippen LogP contribution in [0.3, 0.4) is 0 Å². The number of nitrogens with one attached hydrogen (secondary N) is 3. The fourth-order valence-corrected chi connectivity index (χ4v) is 3.14. The van der Waals surface area contributed by atoms with Crippen LogP contribution < -0.4 is 15.5 Å². The first-order valence-corrected chi connectivity index (χ1v) is 9.47. The van der Waals surface area contributed by atoms with Crippen molar-refractivity contribution in [3.63, 3.8) is 0 Å². The lowest BCUT2D eigenvalue weighted by atomic mass is 10.1. The molecule has 0 amide bonds. The number of benzene rings is 1. The van der Waals surface area contributed by atoms with E-state index in [0.29, 0.717) is 6.54 Å².